The smallest absolute Gasteiger partial charge is 0.245 e. The Labute approximate surface area is 95.5 Å². The molecule has 0 bridgehead atoms. The van der Waals surface area contributed by atoms with Gasteiger partial charge in [0.2, 0.25) is 5.91 Å². The molecule has 0 aromatic rings. The molecule has 2 N–H and O–H groups in total. The molecule has 3 aliphatic rings. The molecule has 16 heavy (non-hydrogen) atoms. The first kappa shape index (κ1) is 10.5. The number of nitrogens with zero attached hydrogens (tertiary/aromatic N) is 2. The molecule has 0 aromatic carbocycles. The molecular formula is C11H19N3O2. The molecule has 0 aliphatic carbocycles. The molecular weight excluding hydrogens is 206 g/mol. The molecule has 90 valence electrons. The van der Waals surface area contributed by atoms with E-state index in [1.165, 1.54) is 0 Å². The maximum atomic E-state index is 12.2. The van der Waals surface area contributed by atoms with Crippen LogP contribution < -0.4 is 5.73 Å². The number of rotatable bonds is 1. The number of ether oxygens (including phenoxy) is 1. The van der Waals surface area contributed by atoms with Gasteiger partial charge in [-0.15, -0.1) is 0 Å². The molecule has 3 heterocycles. The van der Waals surface area contributed by atoms with Gasteiger partial charge in [-0.3, -0.25) is 4.79 Å². The number of amides is 1. The zero-order valence-corrected chi connectivity index (χ0v) is 9.74. The van der Waals surface area contributed by atoms with Crippen LogP contribution in [0.25, 0.3) is 0 Å². The van der Waals surface area contributed by atoms with E-state index in [0.717, 1.165) is 26.2 Å². The van der Waals surface area contributed by atoms with Crippen molar-refractivity contribution in [3.05, 3.63) is 0 Å². The summed E-state index contributed by atoms with van der Waals surface area (Å²) in [6.07, 6.45) is 0.662. The Morgan fingerprint density at radius 2 is 2.00 bits per heavy atom. The van der Waals surface area contributed by atoms with Gasteiger partial charge >= 0.3 is 0 Å². The van der Waals surface area contributed by atoms with Crippen LogP contribution in [0.4, 0.5) is 0 Å². The average molecular weight is 225 g/mol. The van der Waals surface area contributed by atoms with Gasteiger partial charge in [-0.1, -0.05) is 0 Å². The number of carbonyl (C=O) groups excluding carboxylic acids is 1. The number of likely N-dealkylation sites (tertiary alicyclic amines) is 2. The zero-order valence-electron chi connectivity index (χ0n) is 9.74. The van der Waals surface area contributed by atoms with Crippen LogP contribution in [0.15, 0.2) is 0 Å². The molecule has 3 saturated heterocycles. The number of hydrogen-bond donors (Lipinski definition) is 1. The molecule has 0 saturated carbocycles. The Hall–Kier alpha value is -0.650. The van der Waals surface area contributed by atoms with E-state index in [-0.39, 0.29) is 5.91 Å². The molecule has 3 aliphatic heterocycles. The van der Waals surface area contributed by atoms with Gasteiger partial charge in [-0.2, -0.15) is 0 Å². The Morgan fingerprint density at radius 1 is 1.31 bits per heavy atom. The summed E-state index contributed by atoms with van der Waals surface area (Å²) in [6, 6.07) is 0. The fraction of sp³-hybridized carbons (Fsp3) is 0.909. The summed E-state index contributed by atoms with van der Waals surface area (Å²) in [5, 5.41) is 0. The Kier molecular flexibility index (Phi) is 2.09. The summed E-state index contributed by atoms with van der Waals surface area (Å²) in [4.78, 5) is 16.4. The third-order valence-corrected chi connectivity index (χ3v) is 4.03. The van der Waals surface area contributed by atoms with Crippen LogP contribution in [-0.4, -0.2) is 67.7 Å². The molecule has 1 unspecified atom stereocenters. The normalized spacial score (nSPS) is 37.2. The minimum absolute atomic E-state index is 0.0881. The summed E-state index contributed by atoms with van der Waals surface area (Å²) >= 11 is 0. The molecule has 1 spiro atoms. The van der Waals surface area contributed by atoms with E-state index in [1.54, 1.807) is 0 Å². The topological polar surface area (TPSA) is 58.8 Å². The maximum absolute atomic E-state index is 12.2. The second-order valence-corrected chi connectivity index (χ2v) is 5.79. The standard InChI is InChI=1S/C11H19N3O2/c1-13-4-10(5-13)6-14(7-10)9(15)11(12)2-3-16-8-11/h2-8,12H2,1H3. The van der Waals surface area contributed by atoms with Crippen molar-refractivity contribution >= 4 is 5.91 Å². The van der Waals surface area contributed by atoms with Crippen LogP contribution in [0.5, 0.6) is 0 Å². The van der Waals surface area contributed by atoms with Crippen LogP contribution in [0.3, 0.4) is 0 Å². The van der Waals surface area contributed by atoms with Crippen LogP contribution in [0.2, 0.25) is 0 Å². The SMILES string of the molecule is CN1CC2(C1)CN(C(=O)C1(N)CCOC1)C2. The summed E-state index contributed by atoms with van der Waals surface area (Å²) < 4.78 is 5.23. The number of carbonyl (C=O) groups is 1. The first-order valence-corrected chi connectivity index (χ1v) is 5.88. The van der Waals surface area contributed by atoms with Crippen molar-refractivity contribution in [1.82, 2.24) is 9.80 Å². The lowest BCUT2D eigenvalue weighted by molar-refractivity contribution is -0.162. The van der Waals surface area contributed by atoms with Crippen molar-refractivity contribution in [3.8, 4) is 0 Å². The van der Waals surface area contributed by atoms with Gasteiger partial charge in [0.15, 0.2) is 0 Å². The fourth-order valence-electron chi connectivity index (χ4n) is 3.27. The van der Waals surface area contributed by atoms with Crippen LogP contribution in [-0.2, 0) is 9.53 Å². The van der Waals surface area contributed by atoms with E-state index in [9.17, 15) is 4.79 Å². The van der Waals surface area contributed by atoms with Crippen LogP contribution in [0.1, 0.15) is 6.42 Å². The first-order valence-electron chi connectivity index (χ1n) is 5.88. The highest BCUT2D eigenvalue weighted by molar-refractivity contribution is 5.87. The van der Waals surface area contributed by atoms with Gasteiger partial charge < -0.3 is 20.3 Å². The lowest BCUT2D eigenvalue weighted by Gasteiger charge is -2.60. The predicted octanol–water partition coefficient (Wildman–Crippen LogP) is -1.12. The number of hydrogen-bond acceptors (Lipinski definition) is 4. The predicted molar refractivity (Wildman–Crippen MR) is 58.9 cm³/mol. The summed E-state index contributed by atoms with van der Waals surface area (Å²) in [5.74, 6) is 0.0881. The lowest BCUT2D eigenvalue weighted by Crippen LogP contribution is -2.74. The molecule has 1 atom stereocenters. The highest BCUT2D eigenvalue weighted by atomic mass is 16.5. The van der Waals surface area contributed by atoms with Crippen molar-refractivity contribution in [3.63, 3.8) is 0 Å². The van der Waals surface area contributed by atoms with E-state index in [0.29, 0.717) is 25.0 Å². The second-order valence-electron chi connectivity index (χ2n) is 5.79. The Morgan fingerprint density at radius 3 is 2.50 bits per heavy atom. The van der Waals surface area contributed by atoms with Crippen molar-refractivity contribution in [2.75, 3.05) is 46.4 Å². The summed E-state index contributed by atoms with van der Waals surface area (Å²) in [7, 11) is 2.12. The van der Waals surface area contributed by atoms with Crippen molar-refractivity contribution in [1.29, 1.82) is 0 Å². The number of nitrogens with two attached hydrogens (primary N) is 1. The summed E-state index contributed by atoms with van der Waals surface area (Å²) in [5.41, 5.74) is 5.71. The first-order chi connectivity index (χ1) is 7.53. The average Bonchev–Trinajstić information content (AvgIpc) is 2.56. The minimum atomic E-state index is -0.739. The molecule has 3 rings (SSSR count). The van der Waals surface area contributed by atoms with Crippen LogP contribution >= 0.6 is 0 Å². The van der Waals surface area contributed by atoms with Gasteiger partial charge in [0.25, 0.3) is 0 Å². The molecule has 0 aromatic heterocycles. The molecule has 1 amide bonds. The van der Waals surface area contributed by atoms with E-state index >= 15 is 0 Å². The monoisotopic (exact) mass is 225 g/mol. The molecule has 3 fully saturated rings. The van der Waals surface area contributed by atoms with E-state index in [2.05, 4.69) is 11.9 Å². The minimum Gasteiger partial charge on any atom is -0.379 e. The largest absolute Gasteiger partial charge is 0.379 e. The quantitative estimate of drug-likeness (QED) is 0.614. The van der Waals surface area contributed by atoms with Gasteiger partial charge in [0, 0.05) is 38.2 Å². The lowest BCUT2D eigenvalue weighted by atomic mass is 9.72. The van der Waals surface area contributed by atoms with Gasteiger partial charge in [0.05, 0.1) is 6.61 Å². The Bertz CT molecular complexity index is 311. The van der Waals surface area contributed by atoms with Crippen molar-refractivity contribution in [2.24, 2.45) is 11.1 Å². The molecule has 5 nitrogen and oxygen atoms in total. The van der Waals surface area contributed by atoms with E-state index in [4.69, 9.17) is 10.5 Å². The third kappa shape index (κ3) is 1.38. The highest BCUT2D eigenvalue weighted by Gasteiger charge is 2.54. The third-order valence-electron chi connectivity index (χ3n) is 4.03. The highest BCUT2D eigenvalue weighted by Crippen LogP contribution is 2.39. The van der Waals surface area contributed by atoms with E-state index in [1.807, 2.05) is 4.90 Å². The van der Waals surface area contributed by atoms with Crippen molar-refractivity contribution in [2.45, 2.75) is 12.0 Å². The van der Waals surface area contributed by atoms with Gasteiger partial charge in [0.1, 0.15) is 5.54 Å². The molecule has 0 radical (unpaired) electrons. The fourth-order valence-corrected chi connectivity index (χ4v) is 3.27. The molecule has 5 heteroatoms. The Balaban J connectivity index is 1.58. The van der Waals surface area contributed by atoms with Crippen molar-refractivity contribution < 1.29 is 9.53 Å². The van der Waals surface area contributed by atoms with E-state index < -0.39 is 5.54 Å². The van der Waals surface area contributed by atoms with Crippen LogP contribution in [0, 0.1) is 5.41 Å². The van der Waals surface area contributed by atoms with Gasteiger partial charge in [-0.25, -0.2) is 0 Å². The second kappa shape index (κ2) is 3.18. The zero-order chi connectivity index (χ0) is 11.4. The maximum Gasteiger partial charge on any atom is 0.245 e. The summed E-state index contributed by atoms with van der Waals surface area (Å²) in [6.45, 7) is 5.00. The van der Waals surface area contributed by atoms with Gasteiger partial charge in [-0.05, 0) is 13.5 Å².